The Bertz CT molecular complexity index is 1090. The number of fused-ring (bicyclic) bond motifs is 1. The van der Waals surface area contributed by atoms with Gasteiger partial charge in [0.2, 0.25) is 5.56 Å². The van der Waals surface area contributed by atoms with E-state index in [1.54, 1.807) is 10.8 Å². The summed E-state index contributed by atoms with van der Waals surface area (Å²) in [6.45, 7) is 0. The average Bonchev–Trinajstić information content (AvgIpc) is 2.54. The lowest BCUT2D eigenvalue weighted by Crippen LogP contribution is -2.31. The Labute approximate surface area is 135 Å². The van der Waals surface area contributed by atoms with Crippen molar-refractivity contribution in [2.75, 3.05) is 0 Å². The molecule has 3 aromatic rings. The molecule has 24 heavy (non-hydrogen) atoms. The molecule has 7 nitrogen and oxygen atoms in total. The van der Waals surface area contributed by atoms with Crippen molar-refractivity contribution < 1.29 is 17.6 Å². The number of hydrogen-bond donors (Lipinski definition) is 2. The Morgan fingerprint density at radius 2 is 1.96 bits per heavy atom. The average molecular weight is 347 g/mol. The first kappa shape index (κ1) is 15.8. The monoisotopic (exact) mass is 347 g/mol. The lowest BCUT2D eigenvalue weighted by Gasteiger charge is -2.08. The summed E-state index contributed by atoms with van der Waals surface area (Å²) >= 11 is 0. The second kappa shape index (κ2) is 5.85. The summed E-state index contributed by atoms with van der Waals surface area (Å²) in [5.74, 6) is -1.98. The van der Waals surface area contributed by atoms with Crippen LogP contribution < -0.4 is 10.3 Å². The molecule has 0 unspecified atom stereocenters. The van der Waals surface area contributed by atoms with E-state index in [0.29, 0.717) is 10.8 Å². The summed E-state index contributed by atoms with van der Waals surface area (Å²) in [5, 5.41) is 1.02. The van der Waals surface area contributed by atoms with Crippen molar-refractivity contribution in [2.24, 2.45) is 0 Å². The van der Waals surface area contributed by atoms with E-state index < -0.39 is 32.9 Å². The molecule has 9 heteroatoms. The van der Waals surface area contributed by atoms with Gasteiger partial charge >= 0.3 is 0 Å². The van der Waals surface area contributed by atoms with E-state index in [9.17, 15) is 22.4 Å². The largest absolute Gasteiger partial charge is 0.328 e. The lowest BCUT2D eigenvalue weighted by atomic mass is 10.1. The van der Waals surface area contributed by atoms with Crippen LogP contribution in [0.1, 0.15) is 10.4 Å². The van der Waals surface area contributed by atoms with Crippen LogP contribution in [0.5, 0.6) is 0 Å². The molecule has 1 amide bonds. The van der Waals surface area contributed by atoms with Gasteiger partial charge in [-0.1, -0.05) is 0 Å². The molecule has 0 radical (unpaired) electrons. The summed E-state index contributed by atoms with van der Waals surface area (Å²) in [4.78, 5) is 28.8. The molecule has 2 aromatic heterocycles. The highest BCUT2D eigenvalue weighted by atomic mass is 32.2. The number of sulfonamides is 1. The highest BCUT2D eigenvalue weighted by Crippen LogP contribution is 2.19. The molecule has 0 spiro atoms. The van der Waals surface area contributed by atoms with Crippen LogP contribution in [0.15, 0.2) is 58.6 Å². The standard InChI is InChI=1S/C15H10FN3O4S/c16-13-6-10-7-17-4-3-9(10)5-12(13)15(21)19-24(22,23)11-1-2-14(20)18-8-11/h1-8H,(H,18,20)(H,19,21). The molecule has 0 saturated carbocycles. The van der Waals surface area contributed by atoms with Crippen LogP contribution in [-0.2, 0) is 10.0 Å². The number of nitrogens with zero attached hydrogens (tertiary/aromatic N) is 1. The smallest absolute Gasteiger partial charge is 0.267 e. The van der Waals surface area contributed by atoms with Gasteiger partial charge in [0.05, 0.1) is 5.56 Å². The normalized spacial score (nSPS) is 11.4. The third-order valence-corrected chi connectivity index (χ3v) is 4.59. The quantitative estimate of drug-likeness (QED) is 0.739. The van der Waals surface area contributed by atoms with E-state index in [4.69, 9.17) is 0 Å². The number of hydrogen-bond acceptors (Lipinski definition) is 5. The van der Waals surface area contributed by atoms with Crippen LogP contribution in [-0.4, -0.2) is 24.3 Å². The summed E-state index contributed by atoms with van der Waals surface area (Å²) in [7, 11) is -4.24. The van der Waals surface area contributed by atoms with Gasteiger partial charge in [0.1, 0.15) is 10.7 Å². The predicted octanol–water partition coefficient (Wildman–Crippen LogP) is 1.18. The number of carbonyl (C=O) groups excluding carboxylic acids is 1. The van der Waals surface area contributed by atoms with Gasteiger partial charge < -0.3 is 4.98 Å². The molecular weight excluding hydrogens is 337 g/mol. The maximum atomic E-state index is 14.1. The van der Waals surface area contributed by atoms with E-state index in [2.05, 4.69) is 9.97 Å². The first-order chi connectivity index (χ1) is 11.4. The number of amides is 1. The number of benzene rings is 1. The molecule has 1 aromatic carbocycles. The Kier molecular flexibility index (Phi) is 3.86. The van der Waals surface area contributed by atoms with E-state index in [0.717, 1.165) is 24.4 Å². The molecule has 0 fully saturated rings. The zero-order chi connectivity index (χ0) is 17.3. The fourth-order valence-electron chi connectivity index (χ4n) is 2.08. The second-order valence-electron chi connectivity index (χ2n) is 4.88. The number of H-pyrrole nitrogens is 1. The van der Waals surface area contributed by atoms with Gasteiger partial charge in [0, 0.05) is 30.0 Å². The zero-order valence-electron chi connectivity index (χ0n) is 12.0. The summed E-state index contributed by atoms with van der Waals surface area (Å²) in [5.41, 5.74) is -0.906. The van der Waals surface area contributed by atoms with Crippen molar-refractivity contribution in [3.8, 4) is 0 Å². The fourth-order valence-corrected chi connectivity index (χ4v) is 3.01. The van der Waals surface area contributed by atoms with Gasteiger partial charge in [-0.2, -0.15) is 0 Å². The molecule has 0 atom stereocenters. The zero-order valence-corrected chi connectivity index (χ0v) is 12.8. The van der Waals surface area contributed by atoms with Gasteiger partial charge in [0.15, 0.2) is 0 Å². The van der Waals surface area contributed by atoms with Crippen molar-refractivity contribution in [1.29, 1.82) is 0 Å². The Hall–Kier alpha value is -3.07. The number of halogens is 1. The number of carbonyl (C=O) groups is 1. The summed E-state index contributed by atoms with van der Waals surface area (Å²) in [6.07, 6.45) is 3.84. The topological polar surface area (TPSA) is 109 Å². The minimum atomic E-state index is -4.24. The first-order valence-electron chi connectivity index (χ1n) is 6.66. The van der Waals surface area contributed by atoms with Gasteiger partial charge in [-0.15, -0.1) is 0 Å². The maximum Gasteiger partial charge on any atom is 0.267 e. The minimum Gasteiger partial charge on any atom is -0.328 e. The Morgan fingerprint density at radius 3 is 2.67 bits per heavy atom. The van der Waals surface area contributed by atoms with Crippen molar-refractivity contribution in [3.63, 3.8) is 0 Å². The summed E-state index contributed by atoms with van der Waals surface area (Å²) < 4.78 is 40.1. The van der Waals surface area contributed by atoms with Gasteiger partial charge in [0.25, 0.3) is 15.9 Å². The molecule has 0 aliphatic rings. The van der Waals surface area contributed by atoms with E-state index in [-0.39, 0.29) is 4.90 Å². The molecule has 0 aliphatic carbocycles. The number of pyridine rings is 2. The van der Waals surface area contributed by atoms with Crippen LogP contribution in [0, 0.1) is 5.82 Å². The van der Waals surface area contributed by atoms with Crippen molar-refractivity contribution >= 4 is 26.7 Å². The van der Waals surface area contributed by atoms with E-state index >= 15 is 0 Å². The molecule has 0 bridgehead atoms. The highest BCUT2D eigenvalue weighted by Gasteiger charge is 2.21. The van der Waals surface area contributed by atoms with Crippen LogP contribution in [0.3, 0.4) is 0 Å². The molecule has 2 N–H and O–H groups in total. The molecular formula is C15H10FN3O4S. The third kappa shape index (κ3) is 3.01. The van der Waals surface area contributed by atoms with Gasteiger partial charge in [-0.25, -0.2) is 17.5 Å². The van der Waals surface area contributed by atoms with E-state index in [1.807, 2.05) is 0 Å². The number of aromatic nitrogens is 2. The van der Waals surface area contributed by atoms with Crippen molar-refractivity contribution in [1.82, 2.24) is 14.7 Å². The predicted molar refractivity (Wildman–Crippen MR) is 83.4 cm³/mol. The maximum absolute atomic E-state index is 14.1. The van der Waals surface area contributed by atoms with Crippen LogP contribution in [0.2, 0.25) is 0 Å². The SMILES string of the molecule is O=C(NS(=O)(=O)c1ccc(=O)[nH]c1)c1cc2ccncc2cc1F. The highest BCUT2D eigenvalue weighted by molar-refractivity contribution is 7.90. The van der Waals surface area contributed by atoms with Gasteiger partial charge in [-0.3, -0.25) is 14.6 Å². The molecule has 0 aliphatic heterocycles. The van der Waals surface area contributed by atoms with Crippen molar-refractivity contribution in [2.45, 2.75) is 4.90 Å². The fraction of sp³-hybridized carbons (Fsp3) is 0. The second-order valence-corrected chi connectivity index (χ2v) is 6.56. The molecule has 3 rings (SSSR count). The molecule has 122 valence electrons. The van der Waals surface area contributed by atoms with Crippen LogP contribution in [0.4, 0.5) is 4.39 Å². The molecule has 0 saturated heterocycles. The van der Waals surface area contributed by atoms with Crippen molar-refractivity contribution in [3.05, 3.63) is 70.7 Å². The Balaban J connectivity index is 1.96. The number of aromatic amines is 1. The third-order valence-electron chi connectivity index (χ3n) is 3.26. The molecule has 2 heterocycles. The lowest BCUT2D eigenvalue weighted by molar-refractivity contribution is 0.0977. The minimum absolute atomic E-state index is 0.319. The first-order valence-corrected chi connectivity index (χ1v) is 8.14. The van der Waals surface area contributed by atoms with Gasteiger partial charge in [-0.05, 0) is 29.7 Å². The summed E-state index contributed by atoms with van der Waals surface area (Å²) in [6, 6.07) is 5.95. The number of rotatable bonds is 3. The number of nitrogens with one attached hydrogen (secondary N) is 2. The van der Waals surface area contributed by atoms with Crippen LogP contribution in [0.25, 0.3) is 10.8 Å². The van der Waals surface area contributed by atoms with E-state index in [1.165, 1.54) is 18.5 Å². The van der Waals surface area contributed by atoms with Crippen LogP contribution >= 0.6 is 0 Å². The Morgan fingerprint density at radius 1 is 1.17 bits per heavy atom.